The molecule has 1 atom stereocenters. The van der Waals surface area contributed by atoms with Gasteiger partial charge in [0.25, 0.3) is 5.56 Å². The number of hydrogen-bond donors (Lipinski definition) is 1. The Hall–Kier alpha value is -1.60. The summed E-state index contributed by atoms with van der Waals surface area (Å²) in [5, 5.41) is 11.7. The predicted molar refractivity (Wildman–Crippen MR) is 101 cm³/mol. The van der Waals surface area contributed by atoms with E-state index in [1.807, 2.05) is 13.8 Å². The Labute approximate surface area is 158 Å². The van der Waals surface area contributed by atoms with Crippen molar-refractivity contribution in [2.75, 3.05) is 6.61 Å². The molecule has 5 nitrogen and oxygen atoms in total. The van der Waals surface area contributed by atoms with Crippen LogP contribution in [0.1, 0.15) is 10.4 Å². The Morgan fingerprint density at radius 1 is 1.36 bits per heavy atom. The Kier molecular flexibility index (Phi) is 5.34. The summed E-state index contributed by atoms with van der Waals surface area (Å²) in [7, 11) is 0. The van der Waals surface area contributed by atoms with Crippen LogP contribution in [0.15, 0.2) is 29.3 Å². The topological polar surface area (TPSA) is 64.3 Å². The van der Waals surface area contributed by atoms with Gasteiger partial charge < -0.3 is 9.84 Å². The molecular formula is C17H16Cl2N2O3S. The highest BCUT2D eigenvalue weighted by molar-refractivity contribution is 7.18. The molecule has 0 unspecified atom stereocenters. The van der Waals surface area contributed by atoms with Crippen LogP contribution in [0, 0.1) is 13.8 Å². The third kappa shape index (κ3) is 3.82. The molecule has 25 heavy (non-hydrogen) atoms. The van der Waals surface area contributed by atoms with E-state index < -0.39 is 6.10 Å². The molecule has 0 aliphatic rings. The number of aromatic nitrogens is 2. The fraction of sp³-hybridized carbons (Fsp3) is 0.294. The van der Waals surface area contributed by atoms with E-state index in [1.54, 1.807) is 18.2 Å². The molecule has 0 amide bonds. The van der Waals surface area contributed by atoms with E-state index in [9.17, 15) is 9.90 Å². The van der Waals surface area contributed by atoms with Gasteiger partial charge in [0.05, 0.1) is 23.3 Å². The van der Waals surface area contributed by atoms with Crippen molar-refractivity contribution in [2.45, 2.75) is 26.5 Å². The second-order valence-electron chi connectivity index (χ2n) is 5.71. The molecular weight excluding hydrogens is 383 g/mol. The minimum Gasteiger partial charge on any atom is -0.489 e. The summed E-state index contributed by atoms with van der Waals surface area (Å²) in [6.07, 6.45) is 0.558. The average Bonchev–Trinajstić information content (AvgIpc) is 2.86. The van der Waals surface area contributed by atoms with Crippen LogP contribution in [0.2, 0.25) is 10.0 Å². The summed E-state index contributed by atoms with van der Waals surface area (Å²) >= 11 is 13.4. The maximum absolute atomic E-state index is 12.6. The first-order chi connectivity index (χ1) is 11.9. The van der Waals surface area contributed by atoms with Crippen molar-refractivity contribution in [1.29, 1.82) is 0 Å². The highest BCUT2D eigenvalue weighted by Gasteiger charge is 2.15. The van der Waals surface area contributed by atoms with Gasteiger partial charge in [-0.2, -0.15) is 0 Å². The van der Waals surface area contributed by atoms with Gasteiger partial charge in [0.2, 0.25) is 0 Å². The lowest BCUT2D eigenvalue weighted by Crippen LogP contribution is -2.30. The van der Waals surface area contributed by atoms with Gasteiger partial charge in [-0.3, -0.25) is 9.36 Å². The Bertz CT molecular complexity index is 984. The number of fused-ring (bicyclic) bond motifs is 1. The predicted octanol–water partition coefficient (Wildman–Crippen LogP) is 3.82. The smallest absolute Gasteiger partial charge is 0.262 e. The number of aryl methyl sites for hydroxylation is 2. The molecule has 2 aromatic heterocycles. The first kappa shape index (κ1) is 18.2. The highest BCUT2D eigenvalue weighted by atomic mass is 35.5. The van der Waals surface area contributed by atoms with Crippen LogP contribution >= 0.6 is 34.5 Å². The second kappa shape index (κ2) is 7.33. The minimum atomic E-state index is -0.896. The van der Waals surface area contributed by atoms with Crippen molar-refractivity contribution in [3.05, 3.63) is 55.4 Å². The number of thiophene rings is 1. The monoisotopic (exact) mass is 398 g/mol. The maximum Gasteiger partial charge on any atom is 0.262 e. The molecule has 0 saturated heterocycles. The third-order valence-corrected chi connectivity index (χ3v) is 5.55. The van der Waals surface area contributed by atoms with E-state index in [0.717, 1.165) is 10.4 Å². The minimum absolute atomic E-state index is 0.0216. The lowest BCUT2D eigenvalue weighted by atomic mass is 10.2. The van der Waals surface area contributed by atoms with Crippen molar-refractivity contribution in [1.82, 2.24) is 9.55 Å². The number of hydrogen-bond acceptors (Lipinski definition) is 5. The Morgan fingerprint density at radius 3 is 2.88 bits per heavy atom. The molecule has 0 radical (unpaired) electrons. The molecule has 1 aromatic carbocycles. The van der Waals surface area contributed by atoms with Crippen LogP contribution in [0.4, 0.5) is 0 Å². The van der Waals surface area contributed by atoms with Gasteiger partial charge in [0, 0.05) is 16.0 Å². The molecule has 3 aromatic rings. The SMILES string of the molecule is Cc1sc2ncn(C[C@H](O)COc3cc(Cl)ccc3Cl)c(=O)c2c1C. The molecule has 8 heteroatoms. The second-order valence-corrected chi connectivity index (χ2v) is 7.75. The molecule has 0 aliphatic heterocycles. The van der Waals surface area contributed by atoms with Gasteiger partial charge in [-0.05, 0) is 31.5 Å². The van der Waals surface area contributed by atoms with Crippen molar-refractivity contribution in [2.24, 2.45) is 0 Å². The summed E-state index contributed by atoms with van der Waals surface area (Å²) < 4.78 is 6.90. The average molecular weight is 399 g/mol. The van der Waals surface area contributed by atoms with E-state index in [2.05, 4.69) is 4.98 Å². The number of nitrogens with zero attached hydrogens (tertiary/aromatic N) is 2. The molecule has 0 spiro atoms. The molecule has 3 rings (SSSR count). The van der Waals surface area contributed by atoms with E-state index in [4.69, 9.17) is 27.9 Å². The van der Waals surface area contributed by atoms with E-state index in [1.165, 1.54) is 22.2 Å². The molecule has 0 bridgehead atoms. The van der Waals surface area contributed by atoms with E-state index in [-0.39, 0.29) is 18.7 Å². The number of rotatable bonds is 5. The number of benzene rings is 1. The van der Waals surface area contributed by atoms with Gasteiger partial charge in [-0.25, -0.2) is 4.98 Å². The normalized spacial score (nSPS) is 12.5. The summed E-state index contributed by atoms with van der Waals surface area (Å²) in [6.45, 7) is 3.92. The number of aliphatic hydroxyl groups is 1. The fourth-order valence-electron chi connectivity index (χ4n) is 2.45. The summed E-state index contributed by atoms with van der Waals surface area (Å²) in [5.74, 6) is 0.387. The van der Waals surface area contributed by atoms with Crippen LogP contribution in [-0.4, -0.2) is 27.4 Å². The summed E-state index contributed by atoms with van der Waals surface area (Å²) in [5.41, 5.74) is 0.773. The van der Waals surface area contributed by atoms with Crippen LogP contribution < -0.4 is 10.3 Å². The van der Waals surface area contributed by atoms with Gasteiger partial charge in [-0.15, -0.1) is 11.3 Å². The molecule has 0 aliphatic carbocycles. The van der Waals surface area contributed by atoms with Crippen LogP contribution in [-0.2, 0) is 6.54 Å². The standard InChI is InChI=1S/C17H16Cl2N2O3S/c1-9-10(2)25-16-15(9)17(23)21(8-20-16)6-12(22)7-24-14-5-11(18)3-4-13(14)19/h3-5,8,12,22H,6-7H2,1-2H3/t12-/m0/s1. The quantitative estimate of drug-likeness (QED) is 0.709. The molecule has 1 N–H and O–H groups in total. The summed E-state index contributed by atoms with van der Waals surface area (Å²) in [4.78, 5) is 18.7. The number of aliphatic hydroxyl groups excluding tert-OH is 1. The highest BCUT2D eigenvalue weighted by Crippen LogP contribution is 2.28. The van der Waals surface area contributed by atoms with E-state index in [0.29, 0.717) is 26.0 Å². The molecule has 0 fully saturated rings. The zero-order valence-electron chi connectivity index (χ0n) is 13.6. The largest absolute Gasteiger partial charge is 0.489 e. The Balaban J connectivity index is 1.75. The fourth-order valence-corrected chi connectivity index (χ4v) is 3.78. The molecule has 2 heterocycles. The third-order valence-electron chi connectivity index (χ3n) is 3.89. The summed E-state index contributed by atoms with van der Waals surface area (Å²) in [6, 6.07) is 4.85. The Morgan fingerprint density at radius 2 is 2.12 bits per heavy atom. The van der Waals surface area contributed by atoms with Gasteiger partial charge in [0.1, 0.15) is 23.3 Å². The zero-order valence-corrected chi connectivity index (χ0v) is 16.0. The molecule has 0 saturated carbocycles. The first-order valence-electron chi connectivity index (χ1n) is 7.58. The zero-order chi connectivity index (χ0) is 18.1. The number of ether oxygens (including phenoxy) is 1. The van der Waals surface area contributed by atoms with Crippen LogP contribution in [0.5, 0.6) is 5.75 Å². The van der Waals surface area contributed by atoms with E-state index >= 15 is 0 Å². The lowest BCUT2D eigenvalue weighted by Gasteiger charge is -2.14. The lowest BCUT2D eigenvalue weighted by molar-refractivity contribution is 0.0915. The van der Waals surface area contributed by atoms with Crippen molar-refractivity contribution in [3.63, 3.8) is 0 Å². The van der Waals surface area contributed by atoms with Crippen molar-refractivity contribution < 1.29 is 9.84 Å². The van der Waals surface area contributed by atoms with Gasteiger partial charge in [0.15, 0.2) is 0 Å². The molecule has 132 valence electrons. The van der Waals surface area contributed by atoms with Crippen LogP contribution in [0.3, 0.4) is 0 Å². The maximum atomic E-state index is 12.6. The number of halogens is 2. The van der Waals surface area contributed by atoms with Gasteiger partial charge >= 0.3 is 0 Å². The van der Waals surface area contributed by atoms with Crippen molar-refractivity contribution in [3.8, 4) is 5.75 Å². The van der Waals surface area contributed by atoms with Gasteiger partial charge in [-0.1, -0.05) is 23.2 Å². The first-order valence-corrected chi connectivity index (χ1v) is 9.15. The van der Waals surface area contributed by atoms with Crippen molar-refractivity contribution >= 4 is 44.8 Å². The van der Waals surface area contributed by atoms with Crippen LogP contribution in [0.25, 0.3) is 10.2 Å².